The summed E-state index contributed by atoms with van der Waals surface area (Å²) in [7, 11) is 1.60. The van der Waals surface area contributed by atoms with Gasteiger partial charge in [-0.05, 0) is 18.2 Å². The topological polar surface area (TPSA) is 80.0 Å². The summed E-state index contributed by atoms with van der Waals surface area (Å²) < 4.78 is 33.2. The fraction of sp³-hybridized carbons (Fsp3) is 0.500. The maximum atomic E-state index is 13.0. The molecule has 6 nitrogen and oxygen atoms in total. The maximum Gasteiger partial charge on any atom is 0.340 e. The number of ether oxygens (including phenoxy) is 4. The third kappa shape index (κ3) is 7.03. The van der Waals surface area contributed by atoms with Crippen LogP contribution in [0.2, 0.25) is 0 Å². The highest BCUT2D eigenvalue weighted by Gasteiger charge is 2.12. The molecule has 1 aromatic carbocycles. The molecule has 0 atom stereocenters. The van der Waals surface area contributed by atoms with Crippen molar-refractivity contribution in [1.82, 2.24) is 0 Å². The molecule has 0 saturated heterocycles. The molecule has 1 rings (SSSR count). The molecule has 0 spiro atoms. The first-order valence-corrected chi connectivity index (χ1v) is 6.51. The molecule has 0 amide bonds. The molecule has 0 aliphatic rings. The monoisotopic (exact) mass is 301 g/mol. The van der Waals surface area contributed by atoms with E-state index in [4.69, 9.17) is 24.7 Å². The third-order valence-electron chi connectivity index (χ3n) is 2.50. The van der Waals surface area contributed by atoms with Crippen LogP contribution < -0.4 is 5.73 Å². The van der Waals surface area contributed by atoms with Gasteiger partial charge in [-0.1, -0.05) is 0 Å². The summed E-state index contributed by atoms with van der Waals surface area (Å²) in [6, 6.07) is 3.54. The predicted molar refractivity (Wildman–Crippen MR) is 74.6 cm³/mol. The molecule has 0 fully saturated rings. The van der Waals surface area contributed by atoms with Crippen molar-refractivity contribution < 1.29 is 28.1 Å². The van der Waals surface area contributed by atoms with E-state index in [2.05, 4.69) is 0 Å². The van der Waals surface area contributed by atoms with Crippen LogP contribution in [0.1, 0.15) is 10.4 Å². The number of nitrogen functional groups attached to an aromatic ring is 1. The number of anilines is 1. The van der Waals surface area contributed by atoms with Crippen molar-refractivity contribution in [3.63, 3.8) is 0 Å². The Kier molecular flexibility index (Phi) is 8.34. The highest BCUT2D eigenvalue weighted by Crippen LogP contribution is 2.14. The van der Waals surface area contributed by atoms with Crippen molar-refractivity contribution in [2.75, 3.05) is 52.5 Å². The average molecular weight is 301 g/mol. The molecule has 118 valence electrons. The molecule has 2 N–H and O–H groups in total. The second kappa shape index (κ2) is 10.1. The largest absolute Gasteiger partial charge is 0.460 e. The van der Waals surface area contributed by atoms with E-state index in [1.165, 1.54) is 12.1 Å². The zero-order valence-electron chi connectivity index (χ0n) is 12.0. The van der Waals surface area contributed by atoms with E-state index in [0.717, 1.165) is 6.07 Å². The standard InChI is InChI=1S/C14H20FNO5/c1-18-4-5-19-6-7-20-8-9-21-14(17)12-10-11(15)2-3-13(12)16/h2-3,10H,4-9,16H2,1H3. The van der Waals surface area contributed by atoms with Gasteiger partial charge < -0.3 is 24.7 Å². The molecule has 21 heavy (non-hydrogen) atoms. The van der Waals surface area contributed by atoms with Gasteiger partial charge in [-0.3, -0.25) is 0 Å². The molecule has 7 heteroatoms. The smallest absolute Gasteiger partial charge is 0.340 e. The van der Waals surface area contributed by atoms with Gasteiger partial charge >= 0.3 is 5.97 Å². The maximum absolute atomic E-state index is 13.0. The van der Waals surface area contributed by atoms with Crippen LogP contribution in [0.5, 0.6) is 0 Å². The number of hydrogen-bond acceptors (Lipinski definition) is 6. The molecular weight excluding hydrogens is 281 g/mol. The molecule has 0 aromatic heterocycles. The molecular formula is C14H20FNO5. The SMILES string of the molecule is COCCOCCOCCOC(=O)c1cc(F)ccc1N. The van der Waals surface area contributed by atoms with E-state index >= 15 is 0 Å². The summed E-state index contributed by atoms with van der Waals surface area (Å²) in [5, 5.41) is 0. The Hall–Kier alpha value is -1.70. The Bertz CT molecular complexity index is 441. The van der Waals surface area contributed by atoms with E-state index < -0.39 is 11.8 Å². The Morgan fingerprint density at radius 1 is 1.10 bits per heavy atom. The number of halogens is 1. The van der Waals surface area contributed by atoms with Gasteiger partial charge in [0, 0.05) is 12.8 Å². The molecule has 0 bridgehead atoms. The van der Waals surface area contributed by atoms with Crippen molar-refractivity contribution in [1.29, 1.82) is 0 Å². The van der Waals surface area contributed by atoms with Crippen LogP contribution in [0, 0.1) is 5.82 Å². The first-order valence-electron chi connectivity index (χ1n) is 6.51. The number of rotatable bonds is 10. The summed E-state index contributed by atoms with van der Waals surface area (Å²) in [4.78, 5) is 11.7. The lowest BCUT2D eigenvalue weighted by Gasteiger charge is -2.08. The zero-order chi connectivity index (χ0) is 15.5. The van der Waals surface area contributed by atoms with Crippen molar-refractivity contribution in [2.24, 2.45) is 0 Å². The number of benzene rings is 1. The van der Waals surface area contributed by atoms with Crippen LogP contribution in [-0.2, 0) is 18.9 Å². The fourth-order valence-electron chi connectivity index (χ4n) is 1.44. The molecule has 0 radical (unpaired) electrons. The van der Waals surface area contributed by atoms with Gasteiger partial charge in [-0.25, -0.2) is 9.18 Å². The minimum atomic E-state index is -0.674. The van der Waals surface area contributed by atoms with E-state index in [9.17, 15) is 9.18 Å². The van der Waals surface area contributed by atoms with Crippen LogP contribution in [0.3, 0.4) is 0 Å². The lowest BCUT2D eigenvalue weighted by molar-refractivity contribution is 0.00572. The highest BCUT2D eigenvalue weighted by molar-refractivity contribution is 5.95. The zero-order valence-corrected chi connectivity index (χ0v) is 12.0. The van der Waals surface area contributed by atoms with E-state index in [1.54, 1.807) is 7.11 Å². The molecule has 1 aromatic rings. The Labute approximate surface area is 122 Å². The summed E-state index contributed by atoms with van der Waals surface area (Å²) in [5.41, 5.74) is 5.76. The van der Waals surface area contributed by atoms with Gasteiger partial charge in [0.25, 0.3) is 0 Å². The van der Waals surface area contributed by atoms with Crippen LogP contribution >= 0.6 is 0 Å². The number of esters is 1. The van der Waals surface area contributed by atoms with Crippen molar-refractivity contribution in [3.05, 3.63) is 29.6 Å². The normalized spacial score (nSPS) is 10.6. The van der Waals surface area contributed by atoms with Crippen LogP contribution in [0.4, 0.5) is 10.1 Å². The lowest BCUT2D eigenvalue weighted by Crippen LogP contribution is -2.14. The van der Waals surface area contributed by atoms with Gasteiger partial charge in [0.2, 0.25) is 0 Å². The Balaban J connectivity index is 2.12. The number of nitrogens with two attached hydrogens (primary N) is 1. The number of carbonyl (C=O) groups is 1. The Morgan fingerprint density at radius 3 is 2.38 bits per heavy atom. The van der Waals surface area contributed by atoms with Crippen LogP contribution in [0.15, 0.2) is 18.2 Å². The lowest BCUT2D eigenvalue weighted by atomic mass is 10.2. The number of hydrogen-bond donors (Lipinski definition) is 1. The summed E-state index contributed by atoms with van der Waals surface area (Å²) in [5.74, 6) is -1.22. The second-order valence-electron chi connectivity index (χ2n) is 4.09. The van der Waals surface area contributed by atoms with E-state index in [0.29, 0.717) is 26.4 Å². The summed E-state index contributed by atoms with van der Waals surface area (Å²) in [6.07, 6.45) is 0. The summed E-state index contributed by atoms with van der Waals surface area (Å²) >= 11 is 0. The molecule has 0 aliphatic carbocycles. The minimum Gasteiger partial charge on any atom is -0.460 e. The van der Waals surface area contributed by atoms with Crippen LogP contribution in [-0.4, -0.2) is 52.7 Å². The first-order chi connectivity index (χ1) is 10.1. The molecule has 0 heterocycles. The van der Waals surface area contributed by atoms with E-state index in [-0.39, 0.29) is 24.5 Å². The van der Waals surface area contributed by atoms with Gasteiger partial charge in [-0.15, -0.1) is 0 Å². The molecule has 0 aliphatic heterocycles. The highest BCUT2D eigenvalue weighted by atomic mass is 19.1. The Morgan fingerprint density at radius 2 is 1.71 bits per heavy atom. The molecule has 0 saturated carbocycles. The minimum absolute atomic E-state index is 0.0119. The second-order valence-corrected chi connectivity index (χ2v) is 4.09. The molecule has 0 unspecified atom stereocenters. The first kappa shape index (κ1) is 17.4. The van der Waals surface area contributed by atoms with Gasteiger partial charge in [-0.2, -0.15) is 0 Å². The number of carbonyl (C=O) groups excluding carboxylic acids is 1. The van der Waals surface area contributed by atoms with Gasteiger partial charge in [0.15, 0.2) is 0 Å². The van der Waals surface area contributed by atoms with Crippen molar-refractivity contribution in [2.45, 2.75) is 0 Å². The number of methoxy groups -OCH3 is 1. The van der Waals surface area contributed by atoms with Crippen LogP contribution in [0.25, 0.3) is 0 Å². The third-order valence-corrected chi connectivity index (χ3v) is 2.50. The predicted octanol–water partition coefficient (Wildman–Crippen LogP) is 1.24. The fourth-order valence-corrected chi connectivity index (χ4v) is 1.44. The summed E-state index contributed by atoms with van der Waals surface area (Å²) in [6.45, 7) is 2.17. The van der Waals surface area contributed by atoms with Crippen molar-refractivity contribution >= 4 is 11.7 Å². The van der Waals surface area contributed by atoms with E-state index in [1.807, 2.05) is 0 Å². The quantitative estimate of drug-likeness (QED) is 0.398. The van der Waals surface area contributed by atoms with Crippen molar-refractivity contribution in [3.8, 4) is 0 Å². The average Bonchev–Trinajstić information content (AvgIpc) is 2.48. The van der Waals surface area contributed by atoms with Gasteiger partial charge in [0.05, 0.1) is 38.6 Å². The van der Waals surface area contributed by atoms with Gasteiger partial charge in [0.1, 0.15) is 12.4 Å².